The number of thiophene rings is 1. The third kappa shape index (κ3) is 1.70. The highest BCUT2D eigenvalue weighted by molar-refractivity contribution is 9.10. The maximum absolute atomic E-state index is 11.0. The lowest BCUT2D eigenvalue weighted by Crippen LogP contribution is -1.99. The predicted molar refractivity (Wildman–Crippen MR) is 61.2 cm³/mol. The summed E-state index contributed by atoms with van der Waals surface area (Å²) in [5.41, 5.74) is 0.852. The molecule has 0 aliphatic rings. The number of hydrogen-bond donors (Lipinski definition) is 1. The molecule has 0 bridgehead atoms. The minimum Gasteiger partial charge on any atom is -0.478 e. The Morgan fingerprint density at radius 2 is 2.40 bits per heavy atom. The molecule has 0 fully saturated rings. The SMILES string of the molecule is Cn1ncc(C(=O)O)c1-c1sccc1Br. The molecule has 78 valence electrons. The molecule has 0 spiro atoms. The number of hydrogen-bond acceptors (Lipinski definition) is 3. The molecule has 0 aromatic carbocycles. The van der Waals surface area contributed by atoms with Gasteiger partial charge in [0.15, 0.2) is 0 Å². The van der Waals surface area contributed by atoms with Crippen LogP contribution in [0.25, 0.3) is 10.6 Å². The van der Waals surface area contributed by atoms with Crippen molar-refractivity contribution >= 4 is 33.2 Å². The maximum atomic E-state index is 11.0. The van der Waals surface area contributed by atoms with Gasteiger partial charge in [0.2, 0.25) is 0 Å². The molecule has 1 N–H and O–H groups in total. The van der Waals surface area contributed by atoms with Gasteiger partial charge < -0.3 is 5.11 Å². The van der Waals surface area contributed by atoms with Gasteiger partial charge in [-0.25, -0.2) is 4.79 Å². The first-order chi connectivity index (χ1) is 7.11. The summed E-state index contributed by atoms with van der Waals surface area (Å²) in [7, 11) is 1.73. The molecule has 0 aliphatic heterocycles. The second-order valence-corrected chi connectivity index (χ2v) is 4.70. The van der Waals surface area contributed by atoms with Crippen molar-refractivity contribution in [2.75, 3.05) is 0 Å². The first-order valence-electron chi connectivity index (χ1n) is 4.10. The topological polar surface area (TPSA) is 55.1 Å². The van der Waals surface area contributed by atoms with Gasteiger partial charge in [-0.2, -0.15) is 5.10 Å². The molecule has 0 atom stereocenters. The van der Waals surface area contributed by atoms with Crippen LogP contribution in [0.4, 0.5) is 0 Å². The molecule has 15 heavy (non-hydrogen) atoms. The van der Waals surface area contributed by atoms with Gasteiger partial charge in [-0.05, 0) is 27.4 Å². The molecule has 2 rings (SSSR count). The van der Waals surface area contributed by atoms with Crippen LogP contribution in [0.1, 0.15) is 10.4 Å². The minimum absolute atomic E-state index is 0.223. The average Bonchev–Trinajstić information content (AvgIpc) is 2.71. The van der Waals surface area contributed by atoms with Gasteiger partial charge in [0, 0.05) is 11.5 Å². The minimum atomic E-state index is -0.960. The lowest BCUT2D eigenvalue weighted by molar-refractivity contribution is 0.0697. The number of carbonyl (C=O) groups is 1. The highest BCUT2D eigenvalue weighted by Crippen LogP contribution is 2.35. The van der Waals surface area contributed by atoms with Crippen molar-refractivity contribution < 1.29 is 9.90 Å². The second kappa shape index (κ2) is 3.79. The molecule has 0 aliphatic carbocycles. The lowest BCUT2D eigenvalue weighted by atomic mass is 10.2. The van der Waals surface area contributed by atoms with Crippen LogP contribution in [0.5, 0.6) is 0 Å². The number of nitrogens with zero attached hydrogens (tertiary/aromatic N) is 2. The van der Waals surface area contributed by atoms with Crippen LogP contribution in [0, 0.1) is 0 Å². The first kappa shape index (κ1) is 10.4. The van der Waals surface area contributed by atoms with Crippen LogP contribution in [0.15, 0.2) is 22.1 Å². The molecule has 2 heterocycles. The van der Waals surface area contributed by atoms with Crippen LogP contribution in [0.2, 0.25) is 0 Å². The number of aromatic nitrogens is 2. The second-order valence-electron chi connectivity index (χ2n) is 2.93. The zero-order chi connectivity index (χ0) is 11.0. The van der Waals surface area contributed by atoms with Crippen LogP contribution in [-0.4, -0.2) is 20.9 Å². The maximum Gasteiger partial charge on any atom is 0.339 e. The molecule has 4 nitrogen and oxygen atoms in total. The first-order valence-corrected chi connectivity index (χ1v) is 5.77. The zero-order valence-corrected chi connectivity index (χ0v) is 10.2. The molecule has 2 aromatic rings. The highest BCUT2D eigenvalue weighted by atomic mass is 79.9. The van der Waals surface area contributed by atoms with Gasteiger partial charge in [-0.15, -0.1) is 11.3 Å². The average molecular weight is 287 g/mol. The van der Waals surface area contributed by atoms with Crippen molar-refractivity contribution in [2.45, 2.75) is 0 Å². The van der Waals surface area contributed by atoms with Crippen LogP contribution < -0.4 is 0 Å². The zero-order valence-electron chi connectivity index (χ0n) is 7.77. The van der Waals surface area contributed by atoms with E-state index in [1.165, 1.54) is 17.5 Å². The van der Waals surface area contributed by atoms with Gasteiger partial charge >= 0.3 is 5.97 Å². The van der Waals surface area contributed by atoms with Crippen molar-refractivity contribution in [3.63, 3.8) is 0 Å². The number of aromatic carboxylic acids is 1. The summed E-state index contributed by atoms with van der Waals surface area (Å²) in [5.74, 6) is -0.960. The Kier molecular flexibility index (Phi) is 2.62. The van der Waals surface area contributed by atoms with E-state index < -0.39 is 5.97 Å². The highest BCUT2D eigenvalue weighted by Gasteiger charge is 2.19. The van der Waals surface area contributed by atoms with E-state index in [-0.39, 0.29) is 5.56 Å². The summed E-state index contributed by atoms with van der Waals surface area (Å²) in [6.45, 7) is 0. The predicted octanol–water partition coefficient (Wildman–Crippen LogP) is 2.61. The van der Waals surface area contributed by atoms with Crippen molar-refractivity contribution in [2.24, 2.45) is 7.05 Å². The quantitative estimate of drug-likeness (QED) is 0.923. The smallest absolute Gasteiger partial charge is 0.339 e. The molecular formula is C9H7BrN2O2S. The largest absolute Gasteiger partial charge is 0.478 e. The van der Waals surface area contributed by atoms with E-state index in [0.717, 1.165) is 9.35 Å². The van der Waals surface area contributed by atoms with Crippen LogP contribution >= 0.6 is 27.3 Å². The number of carboxylic acid groups (broad SMARTS) is 1. The van der Waals surface area contributed by atoms with E-state index in [2.05, 4.69) is 21.0 Å². The van der Waals surface area contributed by atoms with Gasteiger partial charge in [-0.1, -0.05) is 0 Å². The van der Waals surface area contributed by atoms with E-state index in [4.69, 9.17) is 5.11 Å². The van der Waals surface area contributed by atoms with Crippen molar-refractivity contribution in [3.8, 4) is 10.6 Å². The summed E-state index contributed by atoms with van der Waals surface area (Å²) in [4.78, 5) is 11.9. The Bertz CT molecular complexity index is 518. The van der Waals surface area contributed by atoms with E-state index >= 15 is 0 Å². The Hall–Kier alpha value is -1.14. The normalized spacial score (nSPS) is 10.5. The Labute approximate surface area is 98.3 Å². The summed E-state index contributed by atoms with van der Waals surface area (Å²) < 4.78 is 2.46. The Morgan fingerprint density at radius 1 is 1.67 bits per heavy atom. The van der Waals surface area contributed by atoms with Gasteiger partial charge in [0.05, 0.1) is 16.8 Å². The van der Waals surface area contributed by atoms with Gasteiger partial charge in [0.1, 0.15) is 5.56 Å². The fourth-order valence-corrected chi connectivity index (χ4v) is 2.98. The van der Waals surface area contributed by atoms with Crippen LogP contribution in [-0.2, 0) is 7.05 Å². The standard InChI is InChI=1S/C9H7BrN2O2S/c1-12-7(5(4-11-12)9(13)14)8-6(10)2-3-15-8/h2-4H,1H3,(H,13,14). The molecule has 6 heteroatoms. The molecule has 2 aromatic heterocycles. The van der Waals surface area contributed by atoms with E-state index in [9.17, 15) is 4.79 Å². The number of carboxylic acids is 1. The lowest BCUT2D eigenvalue weighted by Gasteiger charge is -2.01. The third-order valence-electron chi connectivity index (χ3n) is 2.00. The van der Waals surface area contributed by atoms with E-state index in [0.29, 0.717) is 5.69 Å². The van der Waals surface area contributed by atoms with Crippen molar-refractivity contribution in [1.82, 2.24) is 9.78 Å². The molecular weight excluding hydrogens is 280 g/mol. The summed E-state index contributed by atoms with van der Waals surface area (Å²) in [5, 5.41) is 14.9. The summed E-state index contributed by atoms with van der Waals surface area (Å²) >= 11 is 4.86. The third-order valence-corrected chi connectivity index (χ3v) is 3.85. The summed E-state index contributed by atoms with van der Waals surface area (Å²) in [6, 6.07) is 1.89. The van der Waals surface area contributed by atoms with Gasteiger partial charge in [0.25, 0.3) is 0 Å². The fourth-order valence-electron chi connectivity index (χ4n) is 1.33. The Morgan fingerprint density at radius 3 is 2.93 bits per heavy atom. The van der Waals surface area contributed by atoms with Crippen LogP contribution in [0.3, 0.4) is 0 Å². The molecule has 0 radical (unpaired) electrons. The molecule has 0 amide bonds. The van der Waals surface area contributed by atoms with E-state index in [1.54, 1.807) is 11.7 Å². The van der Waals surface area contributed by atoms with Crippen molar-refractivity contribution in [3.05, 3.63) is 27.7 Å². The molecule has 0 saturated carbocycles. The number of rotatable bonds is 2. The van der Waals surface area contributed by atoms with E-state index in [1.807, 2.05) is 11.4 Å². The summed E-state index contributed by atoms with van der Waals surface area (Å²) in [6.07, 6.45) is 1.36. The van der Waals surface area contributed by atoms with Gasteiger partial charge in [-0.3, -0.25) is 4.68 Å². The number of aryl methyl sites for hydroxylation is 1. The number of halogens is 1. The van der Waals surface area contributed by atoms with Crippen molar-refractivity contribution in [1.29, 1.82) is 0 Å². The monoisotopic (exact) mass is 286 g/mol. The Balaban J connectivity index is 2.66. The molecule has 0 saturated heterocycles. The molecule has 0 unspecified atom stereocenters. The fraction of sp³-hybridized carbons (Fsp3) is 0.111.